The van der Waals surface area contributed by atoms with E-state index in [1.165, 1.54) is 205 Å². The molecule has 0 rings (SSSR count). The van der Waals surface area contributed by atoms with Crippen molar-refractivity contribution >= 4 is 11.9 Å². The topological polar surface area (TPSA) is 95.9 Å². The molecule has 66 heavy (non-hydrogen) atoms. The maximum absolute atomic E-state index is 13.3. The van der Waals surface area contributed by atoms with E-state index in [1.807, 2.05) is 0 Å². The van der Waals surface area contributed by atoms with Crippen molar-refractivity contribution in [2.75, 3.05) is 6.61 Å². The highest BCUT2D eigenvalue weighted by molar-refractivity contribution is 5.77. The molecule has 6 heteroatoms. The highest BCUT2D eigenvalue weighted by Gasteiger charge is 2.24. The van der Waals surface area contributed by atoms with Gasteiger partial charge in [0, 0.05) is 6.42 Å². The van der Waals surface area contributed by atoms with Crippen LogP contribution in [0, 0.1) is 0 Å². The minimum atomic E-state index is -0.788. The second-order valence-electron chi connectivity index (χ2n) is 20.0. The summed E-state index contributed by atoms with van der Waals surface area (Å²) < 4.78 is 5.97. The molecule has 388 valence electrons. The smallest absolute Gasteiger partial charge is 0.306 e. The van der Waals surface area contributed by atoms with Gasteiger partial charge in [-0.2, -0.15) is 0 Å². The summed E-state index contributed by atoms with van der Waals surface area (Å²) in [6.07, 6.45) is 64.9. The number of aliphatic hydroxyl groups is 2. The Morgan fingerprint density at radius 3 is 1.20 bits per heavy atom. The van der Waals surface area contributed by atoms with Gasteiger partial charge in [0.1, 0.15) is 6.10 Å². The predicted molar refractivity (Wildman–Crippen MR) is 287 cm³/mol. The van der Waals surface area contributed by atoms with E-state index in [4.69, 9.17) is 4.74 Å². The van der Waals surface area contributed by atoms with Crippen LogP contribution in [0.4, 0.5) is 0 Å². The van der Waals surface area contributed by atoms with Crippen LogP contribution >= 0.6 is 0 Å². The molecule has 1 amide bonds. The molecule has 0 bridgehead atoms. The standard InChI is InChI=1S/C60H113NO5/c1-4-7-10-13-16-19-22-24-26-28-29-31-33-35-38-41-44-47-50-53-60(65)66-56(51-48-45-42-39-37-34-32-30-27-25-23-20-17-14-11-8-5-2)54-59(64)61-57(55-62)58(63)52-49-46-43-40-36-21-18-15-12-9-6-3/h16,19,24-27,56-58,62-63H,4-15,17-18,20-23,28-55H2,1-3H3,(H,61,64)/b19-16-,26-24-,27-25+. The van der Waals surface area contributed by atoms with E-state index in [2.05, 4.69) is 62.5 Å². The number of hydrogen-bond acceptors (Lipinski definition) is 5. The molecule has 0 aromatic rings. The van der Waals surface area contributed by atoms with Crippen molar-refractivity contribution in [3.05, 3.63) is 36.5 Å². The number of unbranched alkanes of at least 4 members (excludes halogenated alkanes) is 35. The third-order valence-corrected chi connectivity index (χ3v) is 13.4. The Hall–Kier alpha value is -1.92. The van der Waals surface area contributed by atoms with E-state index in [0.717, 1.165) is 57.8 Å². The molecule has 0 aromatic carbocycles. The molecule has 0 saturated carbocycles. The Labute approximate surface area is 411 Å². The van der Waals surface area contributed by atoms with E-state index in [-0.39, 0.29) is 24.9 Å². The van der Waals surface area contributed by atoms with Gasteiger partial charge in [0.2, 0.25) is 5.91 Å². The maximum atomic E-state index is 13.3. The second kappa shape index (κ2) is 54.0. The Morgan fingerprint density at radius 1 is 0.439 bits per heavy atom. The number of nitrogens with one attached hydrogen (secondary N) is 1. The minimum Gasteiger partial charge on any atom is -0.462 e. The molecule has 0 fully saturated rings. The quantitative estimate of drug-likeness (QED) is 0.0321. The van der Waals surface area contributed by atoms with Gasteiger partial charge in [0.15, 0.2) is 0 Å². The van der Waals surface area contributed by atoms with Crippen LogP contribution in [0.3, 0.4) is 0 Å². The predicted octanol–water partition coefficient (Wildman–Crippen LogP) is 18.0. The number of carbonyl (C=O) groups is 2. The Balaban J connectivity index is 4.53. The van der Waals surface area contributed by atoms with Gasteiger partial charge >= 0.3 is 5.97 Å². The summed E-state index contributed by atoms with van der Waals surface area (Å²) in [5.74, 6) is -0.468. The summed E-state index contributed by atoms with van der Waals surface area (Å²) in [7, 11) is 0. The lowest BCUT2D eigenvalue weighted by atomic mass is 10.0. The van der Waals surface area contributed by atoms with Crippen LogP contribution in [-0.4, -0.2) is 46.9 Å². The molecule has 3 atom stereocenters. The number of esters is 1. The molecule has 3 N–H and O–H groups in total. The molecule has 0 aliphatic carbocycles. The van der Waals surface area contributed by atoms with Crippen molar-refractivity contribution < 1.29 is 24.5 Å². The van der Waals surface area contributed by atoms with E-state index in [1.54, 1.807) is 0 Å². The van der Waals surface area contributed by atoms with Crippen LogP contribution in [0.25, 0.3) is 0 Å². The van der Waals surface area contributed by atoms with Crippen LogP contribution < -0.4 is 5.32 Å². The summed E-state index contributed by atoms with van der Waals surface area (Å²) in [6, 6.07) is -0.702. The number of carbonyl (C=O) groups excluding carboxylic acids is 2. The molecular formula is C60H113NO5. The first-order valence-electron chi connectivity index (χ1n) is 29.2. The first-order valence-corrected chi connectivity index (χ1v) is 29.2. The third kappa shape index (κ3) is 48.5. The molecule has 0 radical (unpaired) electrons. The first kappa shape index (κ1) is 64.1. The van der Waals surface area contributed by atoms with Crippen LogP contribution in [0.1, 0.15) is 310 Å². The molecule has 0 aliphatic heterocycles. The lowest BCUT2D eigenvalue weighted by Crippen LogP contribution is -2.46. The maximum Gasteiger partial charge on any atom is 0.306 e. The van der Waals surface area contributed by atoms with E-state index >= 15 is 0 Å². The van der Waals surface area contributed by atoms with Crippen LogP contribution in [-0.2, 0) is 14.3 Å². The molecule has 0 heterocycles. The number of aliphatic hydroxyl groups excluding tert-OH is 2. The van der Waals surface area contributed by atoms with Gasteiger partial charge in [0.25, 0.3) is 0 Å². The zero-order valence-electron chi connectivity index (χ0n) is 44.3. The molecular weight excluding hydrogens is 815 g/mol. The Kier molecular flexibility index (Phi) is 52.5. The zero-order chi connectivity index (χ0) is 48.1. The summed E-state index contributed by atoms with van der Waals surface area (Å²) in [4.78, 5) is 26.3. The van der Waals surface area contributed by atoms with Gasteiger partial charge in [-0.1, -0.05) is 250 Å². The fraction of sp³-hybridized carbons (Fsp3) is 0.867. The largest absolute Gasteiger partial charge is 0.462 e. The summed E-state index contributed by atoms with van der Waals surface area (Å²) in [6.45, 7) is 6.48. The summed E-state index contributed by atoms with van der Waals surface area (Å²) >= 11 is 0. The third-order valence-electron chi connectivity index (χ3n) is 13.4. The van der Waals surface area contributed by atoms with Crippen molar-refractivity contribution in [1.29, 1.82) is 0 Å². The van der Waals surface area contributed by atoms with E-state index in [0.29, 0.717) is 19.3 Å². The highest BCUT2D eigenvalue weighted by atomic mass is 16.5. The lowest BCUT2D eigenvalue weighted by Gasteiger charge is -2.24. The minimum absolute atomic E-state index is 0.0760. The van der Waals surface area contributed by atoms with Crippen molar-refractivity contribution in [2.45, 2.75) is 328 Å². The van der Waals surface area contributed by atoms with E-state index in [9.17, 15) is 19.8 Å². The van der Waals surface area contributed by atoms with Gasteiger partial charge in [0.05, 0.1) is 25.2 Å². The summed E-state index contributed by atoms with van der Waals surface area (Å²) in [5.41, 5.74) is 0. The number of allylic oxidation sites excluding steroid dienone is 6. The fourth-order valence-electron chi connectivity index (χ4n) is 8.99. The molecule has 0 saturated heterocycles. The van der Waals surface area contributed by atoms with Crippen LogP contribution in [0.2, 0.25) is 0 Å². The number of hydrogen-bond donors (Lipinski definition) is 3. The van der Waals surface area contributed by atoms with Gasteiger partial charge in [-0.05, 0) is 83.5 Å². The van der Waals surface area contributed by atoms with Crippen molar-refractivity contribution in [3.63, 3.8) is 0 Å². The lowest BCUT2D eigenvalue weighted by molar-refractivity contribution is -0.151. The van der Waals surface area contributed by atoms with Gasteiger partial charge in [-0.25, -0.2) is 0 Å². The Bertz CT molecular complexity index is 1090. The average molecular weight is 929 g/mol. The number of ether oxygens (including phenoxy) is 1. The molecule has 0 aliphatic rings. The van der Waals surface area contributed by atoms with Gasteiger partial charge < -0.3 is 20.3 Å². The molecule has 0 aromatic heterocycles. The molecule has 0 spiro atoms. The Morgan fingerprint density at radius 2 is 0.773 bits per heavy atom. The fourth-order valence-corrected chi connectivity index (χ4v) is 8.99. The van der Waals surface area contributed by atoms with Crippen molar-refractivity contribution in [1.82, 2.24) is 5.32 Å². The first-order chi connectivity index (χ1) is 32.5. The monoisotopic (exact) mass is 928 g/mol. The number of amides is 1. The zero-order valence-corrected chi connectivity index (χ0v) is 44.3. The second-order valence-corrected chi connectivity index (χ2v) is 20.0. The average Bonchev–Trinajstić information content (AvgIpc) is 3.31. The molecule has 6 nitrogen and oxygen atoms in total. The number of rotatable bonds is 53. The normalized spacial score (nSPS) is 13.3. The van der Waals surface area contributed by atoms with Gasteiger partial charge in [-0.3, -0.25) is 9.59 Å². The van der Waals surface area contributed by atoms with Gasteiger partial charge in [-0.15, -0.1) is 0 Å². The molecule has 3 unspecified atom stereocenters. The summed E-state index contributed by atoms with van der Waals surface area (Å²) in [5, 5.41) is 23.8. The van der Waals surface area contributed by atoms with E-state index < -0.39 is 18.2 Å². The van der Waals surface area contributed by atoms with Crippen LogP contribution in [0.15, 0.2) is 36.5 Å². The van der Waals surface area contributed by atoms with Crippen molar-refractivity contribution in [3.8, 4) is 0 Å². The van der Waals surface area contributed by atoms with Crippen molar-refractivity contribution in [2.24, 2.45) is 0 Å². The SMILES string of the molecule is CCCCC/C=C\C/C=C\CCCCCCCCCCCC(=O)OC(CCCCCCCCC/C=C/CCCCCCCC)CC(=O)NC(CO)C(O)CCCCCCCCCCCCC. The van der Waals surface area contributed by atoms with Crippen LogP contribution in [0.5, 0.6) is 0 Å². The highest BCUT2D eigenvalue weighted by Crippen LogP contribution is 2.18.